The highest BCUT2D eigenvalue weighted by Crippen LogP contribution is 2.06. The van der Waals surface area contributed by atoms with Crippen molar-refractivity contribution in [1.82, 2.24) is 10.9 Å². The van der Waals surface area contributed by atoms with E-state index in [9.17, 15) is 9.59 Å². The summed E-state index contributed by atoms with van der Waals surface area (Å²) in [4.78, 5) is 22.6. The minimum Gasteiger partial charge on any atom is -0.480 e. The van der Waals surface area contributed by atoms with Crippen LogP contribution in [-0.4, -0.2) is 28.8 Å². The van der Waals surface area contributed by atoms with Crippen molar-refractivity contribution in [3.8, 4) is 0 Å². The number of hydrogen-bond acceptors (Lipinski definition) is 4. The molecule has 0 aliphatic carbocycles. The molecule has 1 amide bonds. The van der Waals surface area contributed by atoms with E-state index >= 15 is 0 Å². The summed E-state index contributed by atoms with van der Waals surface area (Å²) in [5.74, 6) is -1.05. The van der Waals surface area contributed by atoms with Crippen molar-refractivity contribution in [2.24, 2.45) is 0 Å². The molecule has 0 saturated carbocycles. The second kappa shape index (κ2) is 6.91. The Morgan fingerprint density at radius 3 is 2.35 bits per heavy atom. The zero-order valence-corrected chi connectivity index (χ0v) is 11.8. The van der Waals surface area contributed by atoms with E-state index in [1.54, 1.807) is 20.8 Å². The number of carbonyl (C=O) groups excluding carboxylic acids is 1. The average Bonchev–Trinajstić information content (AvgIpc) is 2.33. The van der Waals surface area contributed by atoms with E-state index in [4.69, 9.17) is 9.84 Å². The van der Waals surface area contributed by atoms with E-state index in [2.05, 4.69) is 10.9 Å². The molecule has 0 unspecified atom stereocenters. The smallest absolute Gasteiger partial charge is 0.422 e. The van der Waals surface area contributed by atoms with Crippen LogP contribution in [0.2, 0.25) is 0 Å². The molecule has 6 heteroatoms. The molecule has 3 N–H and O–H groups in total. The van der Waals surface area contributed by atoms with Gasteiger partial charge in [-0.1, -0.05) is 30.3 Å². The second-order valence-electron chi connectivity index (χ2n) is 5.35. The van der Waals surface area contributed by atoms with Gasteiger partial charge in [-0.15, -0.1) is 0 Å². The molecule has 0 heterocycles. The van der Waals surface area contributed by atoms with Gasteiger partial charge in [-0.2, -0.15) is 0 Å². The number of benzene rings is 1. The molecule has 0 aromatic heterocycles. The number of carbonyl (C=O) groups is 2. The largest absolute Gasteiger partial charge is 0.480 e. The number of carboxylic acid groups (broad SMARTS) is 1. The molecular formula is C14H20N2O4. The van der Waals surface area contributed by atoms with E-state index in [1.807, 2.05) is 30.3 Å². The first-order valence-electron chi connectivity index (χ1n) is 6.29. The summed E-state index contributed by atoms with van der Waals surface area (Å²) in [6, 6.07) is 8.23. The molecular weight excluding hydrogens is 260 g/mol. The standard InChI is InChI=1S/C14H20N2O4/c1-14(2,3)20-13(19)16-15-11(12(17)18)9-10-7-5-4-6-8-10/h4-8,11,15H,9H2,1-3H3,(H,16,19)(H,17,18)/t11-/m0/s1. The molecule has 0 fully saturated rings. The molecule has 0 bridgehead atoms. The van der Waals surface area contributed by atoms with Gasteiger partial charge in [0.1, 0.15) is 11.6 Å². The molecule has 0 spiro atoms. The fourth-order valence-electron chi connectivity index (χ4n) is 1.50. The number of rotatable bonds is 5. The van der Waals surface area contributed by atoms with Crippen molar-refractivity contribution in [2.75, 3.05) is 0 Å². The maximum Gasteiger partial charge on any atom is 0.422 e. The predicted octanol–water partition coefficient (Wildman–Crippen LogP) is 1.71. The molecule has 1 rings (SSSR count). The third kappa shape index (κ3) is 6.19. The highest BCUT2D eigenvalue weighted by atomic mass is 16.6. The van der Waals surface area contributed by atoms with E-state index in [-0.39, 0.29) is 6.42 Å². The predicted molar refractivity (Wildman–Crippen MR) is 74.1 cm³/mol. The van der Waals surface area contributed by atoms with E-state index in [0.29, 0.717) is 0 Å². The Labute approximate surface area is 118 Å². The van der Waals surface area contributed by atoms with Gasteiger partial charge in [-0.3, -0.25) is 10.2 Å². The molecule has 0 aliphatic heterocycles. The van der Waals surface area contributed by atoms with Gasteiger partial charge in [-0.05, 0) is 26.3 Å². The van der Waals surface area contributed by atoms with Gasteiger partial charge in [-0.25, -0.2) is 10.2 Å². The number of hydrogen-bond donors (Lipinski definition) is 3. The quantitative estimate of drug-likeness (QED) is 0.715. The molecule has 110 valence electrons. The lowest BCUT2D eigenvalue weighted by Gasteiger charge is -2.21. The van der Waals surface area contributed by atoms with E-state index < -0.39 is 23.7 Å². The second-order valence-corrected chi connectivity index (χ2v) is 5.35. The van der Waals surface area contributed by atoms with Crippen molar-refractivity contribution in [1.29, 1.82) is 0 Å². The molecule has 1 aromatic rings. The Morgan fingerprint density at radius 1 is 1.25 bits per heavy atom. The Balaban J connectivity index is 2.52. The number of ether oxygens (including phenoxy) is 1. The number of nitrogens with one attached hydrogen (secondary N) is 2. The highest BCUT2D eigenvalue weighted by Gasteiger charge is 2.21. The molecule has 6 nitrogen and oxygen atoms in total. The maximum absolute atomic E-state index is 11.4. The van der Waals surface area contributed by atoms with Gasteiger partial charge in [0.15, 0.2) is 0 Å². The first-order valence-corrected chi connectivity index (χ1v) is 6.29. The summed E-state index contributed by atoms with van der Waals surface area (Å²) >= 11 is 0. The van der Waals surface area contributed by atoms with Crippen LogP contribution in [0.25, 0.3) is 0 Å². The lowest BCUT2D eigenvalue weighted by Crippen LogP contribution is -2.50. The topological polar surface area (TPSA) is 87.7 Å². The average molecular weight is 280 g/mol. The first kappa shape index (κ1) is 16.0. The molecule has 1 aromatic carbocycles. The summed E-state index contributed by atoms with van der Waals surface area (Å²) in [6.07, 6.45) is -0.455. The van der Waals surface area contributed by atoms with E-state index in [0.717, 1.165) is 5.56 Å². The SMILES string of the molecule is CC(C)(C)OC(=O)NN[C@@H](Cc1ccccc1)C(=O)O. The summed E-state index contributed by atoms with van der Waals surface area (Å²) in [6.45, 7) is 5.18. The van der Waals surface area contributed by atoms with Crippen LogP contribution < -0.4 is 10.9 Å². The summed E-state index contributed by atoms with van der Waals surface area (Å²) < 4.78 is 5.01. The first-order chi connectivity index (χ1) is 9.28. The van der Waals surface area contributed by atoms with Crippen LogP contribution in [0, 0.1) is 0 Å². The van der Waals surface area contributed by atoms with E-state index in [1.165, 1.54) is 0 Å². The Morgan fingerprint density at radius 2 is 1.85 bits per heavy atom. The number of carboxylic acids is 1. The van der Waals surface area contributed by atoms with Gasteiger partial charge >= 0.3 is 12.1 Å². The van der Waals surface area contributed by atoms with Gasteiger partial charge in [0, 0.05) is 6.42 Å². The lowest BCUT2D eigenvalue weighted by molar-refractivity contribution is -0.139. The molecule has 0 saturated heterocycles. The maximum atomic E-state index is 11.4. The van der Waals surface area contributed by atoms with Crippen molar-refractivity contribution < 1.29 is 19.4 Å². The van der Waals surface area contributed by atoms with Crippen molar-refractivity contribution in [3.63, 3.8) is 0 Å². The van der Waals surface area contributed by atoms with Gasteiger partial charge in [0.05, 0.1) is 0 Å². The summed E-state index contributed by atoms with van der Waals surface area (Å²) in [5.41, 5.74) is 4.94. The molecule has 1 atom stereocenters. The van der Waals surface area contributed by atoms with Crippen LogP contribution in [0.4, 0.5) is 4.79 Å². The van der Waals surface area contributed by atoms with Gasteiger partial charge in [0.25, 0.3) is 0 Å². The molecule has 0 aliphatic rings. The number of aliphatic carboxylic acids is 1. The van der Waals surface area contributed by atoms with Crippen LogP contribution in [-0.2, 0) is 16.0 Å². The summed E-state index contributed by atoms with van der Waals surface area (Å²) in [5, 5.41) is 9.13. The zero-order valence-electron chi connectivity index (χ0n) is 11.8. The van der Waals surface area contributed by atoms with Crippen LogP contribution in [0.1, 0.15) is 26.3 Å². The fourth-order valence-corrected chi connectivity index (χ4v) is 1.50. The van der Waals surface area contributed by atoms with Crippen LogP contribution in [0.15, 0.2) is 30.3 Å². The monoisotopic (exact) mass is 280 g/mol. The van der Waals surface area contributed by atoms with Crippen molar-refractivity contribution >= 4 is 12.1 Å². The van der Waals surface area contributed by atoms with Gasteiger partial charge in [0.2, 0.25) is 0 Å². The summed E-state index contributed by atoms with van der Waals surface area (Å²) in [7, 11) is 0. The Bertz CT molecular complexity index is 454. The minimum absolute atomic E-state index is 0.256. The minimum atomic E-state index is -1.05. The molecule has 0 radical (unpaired) electrons. The zero-order chi connectivity index (χ0) is 15.2. The Kier molecular flexibility index (Phi) is 5.52. The fraction of sp³-hybridized carbons (Fsp3) is 0.429. The molecule has 20 heavy (non-hydrogen) atoms. The van der Waals surface area contributed by atoms with Crippen LogP contribution >= 0.6 is 0 Å². The Hall–Kier alpha value is -2.08. The lowest BCUT2D eigenvalue weighted by atomic mass is 10.1. The third-order valence-corrected chi connectivity index (χ3v) is 2.33. The van der Waals surface area contributed by atoms with Crippen molar-refractivity contribution in [3.05, 3.63) is 35.9 Å². The number of hydrazine groups is 1. The van der Waals surface area contributed by atoms with Crippen LogP contribution in [0.3, 0.4) is 0 Å². The van der Waals surface area contributed by atoms with Gasteiger partial charge < -0.3 is 9.84 Å². The van der Waals surface area contributed by atoms with Crippen LogP contribution in [0.5, 0.6) is 0 Å². The van der Waals surface area contributed by atoms with Crippen molar-refractivity contribution in [2.45, 2.75) is 38.8 Å². The normalized spacial score (nSPS) is 12.6. The number of amides is 1. The highest BCUT2D eigenvalue weighted by molar-refractivity contribution is 5.75. The third-order valence-electron chi connectivity index (χ3n) is 2.33.